The van der Waals surface area contributed by atoms with E-state index in [1.807, 2.05) is 30.3 Å². The van der Waals surface area contributed by atoms with Crippen LogP contribution in [-0.4, -0.2) is 54.5 Å². The third-order valence-corrected chi connectivity index (χ3v) is 5.13. The summed E-state index contributed by atoms with van der Waals surface area (Å²) >= 11 is 0. The Labute approximate surface area is 154 Å². The summed E-state index contributed by atoms with van der Waals surface area (Å²) in [5, 5.41) is 2.98. The highest BCUT2D eigenvalue weighted by Gasteiger charge is 2.34. The fourth-order valence-electron chi connectivity index (χ4n) is 3.71. The first-order valence-corrected chi connectivity index (χ1v) is 9.28. The molecule has 4 rings (SSSR count). The van der Waals surface area contributed by atoms with E-state index in [4.69, 9.17) is 4.74 Å². The molecule has 2 saturated heterocycles. The van der Waals surface area contributed by atoms with E-state index in [0.717, 1.165) is 50.6 Å². The van der Waals surface area contributed by atoms with Crippen LogP contribution in [0.15, 0.2) is 54.6 Å². The maximum Gasteiger partial charge on any atom is 0.238 e. The van der Waals surface area contributed by atoms with Gasteiger partial charge in [0.1, 0.15) is 18.4 Å². The standard InChI is InChI=1S/C21H25N3O2/c25-21-20-15-23(11-12-24(20)10-9-22-21)14-18-7-4-8-19(13-18)26-16-17-5-2-1-3-6-17/h1-8,13,20H,9-12,14-16H2,(H,22,25)/t20-/m1/s1. The number of ether oxygens (including phenoxy) is 1. The second-order valence-electron chi connectivity index (χ2n) is 7.00. The van der Waals surface area contributed by atoms with Gasteiger partial charge >= 0.3 is 0 Å². The van der Waals surface area contributed by atoms with Gasteiger partial charge in [-0.25, -0.2) is 0 Å². The van der Waals surface area contributed by atoms with Crippen molar-refractivity contribution >= 4 is 5.91 Å². The van der Waals surface area contributed by atoms with Crippen molar-refractivity contribution in [1.82, 2.24) is 15.1 Å². The SMILES string of the molecule is O=C1NCCN2CCN(Cc3cccc(OCc4ccccc4)c3)C[C@H]12. The Hall–Kier alpha value is -2.37. The van der Waals surface area contributed by atoms with Crippen LogP contribution in [0.5, 0.6) is 5.75 Å². The lowest BCUT2D eigenvalue weighted by atomic mass is 10.1. The molecule has 1 amide bonds. The molecule has 0 aromatic heterocycles. The summed E-state index contributed by atoms with van der Waals surface area (Å²) < 4.78 is 5.93. The summed E-state index contributed by atoms with van der Waals surface area (Å²) in [6, 6.07) is 18.5. The molecular formula is C21H25N3O2. The molecule has 136 valence electrons. The number of carbonyl (C=O) groups excluding carboxylic acids is 1. The molecule has 5 nitrogen and oxygen atoms in total. The van der Waals surface area contributed by atoms with Crippen LogP contribution >= 0.6 is 0 Å². The monoisotopic (exact) mass is 351 g/mol. The molecular weight excluding hydrogens is 326 g/mol. The molecule has 2 aromatic carbocycles. The van der Waals surface area contributed by atoms with Crippen molar-refractivity contribution in [2.45, 2.75) is 19.2 Å². The molecule has 0 bridgehead atoms. The van der Waals surface area contributed by atoms with Gasteiger partial charge in [0.15, 0.2) is 0 Å². The van der Waals surface area contributed by atoms with E-state index in [0.29, 0.717) is 6.61 Å². The summed E-state index contributed by atoms with van der Waals surface area (Å²) in [5.74, 6) is 1.06. The lowest BCUT2D eigenvalue weighted by Gasteiger charge is -2.43. The number of hydrogen-bond acceptors (Lipinski definition) is 4. The second-order valence-corrected chi connectivity index (χ2v) is 7.00. The van der Waals surface area contributed by atoms with Gasteiger partial charge in [-0.1, -0.05) is 42.5 Å². The Balaban J connectivity index is 1.35. The average Bonchev–Trinajstić information content (AvgIpc) is 2.68. The summed E-state index contributed by atoms with van der Waals surface area (Å²) in [5.41, 5.74) is 2.39. The zero-order valence-corrected chi connectivity index (χ0v) is 14.9. The number of nitrogens with zero attached hydrogens (tertiary/aromatic N) is 2. The van der Waals surface area contributed by atoms with E-state index in [2.05, 4.69) is 39.4 Å². The van der Waals surface area contributed by atoms with Crippen LogP contribution < -0.4 is 10.1 Å². The fourth-order valence-corrected chi connectivity index (χ4v) is 3.71. The highest BCUT2D eigenvalue weighted by atomic mass is 16.5. The van der Waals surface area contributed by atoms with Crippen molar-refractivity contribution in [3.8, 4) is 5.75 Å². The molecule has 0 saturated carbocycles. The van der Waals surface area contributed by atoms with Crippen LogP contribution in [0.25, 0.3) is 0 Å². The number of fused-ring (bicyclic) bond motifs is 1. The quantitative estimate of drug-likeness (QED) is 0.893. The lowest BCUT2D eigenvalue weighted by Crippen LogP contribution is -2.63. The maximum absolute atomic E-state index is 12.1. The van der Waals surface area contributed by atoms with Crippen LogP contribution in [0, 0.1) is 0 Å². The number of piperazine rings is 2. The normalized spacial score (nSPS) is 21.1. The Morgan fingerprint density at radius 2 is 1.85 bits per heavy atom. The molecule has 2 aliphatic rings. The summed E-state index contributed by atoms with van der Waals surface area (Å²) in [7, 11) is 0. The van der Waals surface area contributed by atoms with Crippen molar-refractivity contribution < 1.29 is 9.53 Å². The Morgan fingerprint density at radius 1 is 1.00 bits per heavy atom. The first-order valence-electron chi connectivity index (χ1n) is 9.28. The van der Waals surface area contributed by atoms with E-state index in [-0.39, 0.29) is 11.9 Å². The Morgan fingerprint density at radius 3 is 2.73 bits per heavy atom. The van der Waals surface area contributed by atoms with Crippen LogP contribution in [-0.2, 0) is 17.9 Å². The highest BCUT2D eigenvalue weighted by Crippen LogP contribution is 2.19. The maximum atomic E-state index is 12.1. The van der Waals surface area contributed by atoms with Gasteiger partial charge in [0.2, 0.25) is 5.91 Å². The zero-order chi connectivity index (χ0) is 17.8. The molecule has 0 spiro atoms. The van der Waals surface area contributed by atoms with E-state index in [9.17, 15) is 4.79 Å². The summed E-state index contributed by atoms with van der Waals surface area (Å²) in [6.45, 7) is 5.91. The van der Waals surface area contributed by atoms with Gasteiger partial charge in [0.25, 0.3) is 0 Å². The Bertz CT molecular complexity index is 750. The van der Waals surface area contributed by atoms with E-state index in [1.165, 1.54) is 5.56 Å². The predicted octanol–water partition coefficient (Wildman–Crippen LogP) is 1.88. The number of nitrogens with one attached hydrogen (secondary N) is 1. The minimum atomic E-state index is -0.00462. The molecule has 26 heavy (non-hydrogen) atoms. The highest BCUT2D eigenvalue weighted by molar-refractivity contribution is 5.82. The van der Waals surface area contributed by atoms with Crippen molar-refractivity contribution in [2.24, 2.45) is 0 Å². The van der Waals surface area contributed by atoms with Gasteiger partial charge in [0, 0.05) is 39.3 Å². The molecule has 5 heteroatoms. The molecule has 2 aromatic rings. The van der Waals surface area contributed by atoms with Crippen molar-refractivity contribution in [3.05, 3.63) is 65.7 Å². The minimum Gasteiger partial charge on any atom is -0.489 e. The Kier molecular flexibility index (Phi) is 5.18. The van der Waals surface area contributed by atoms with Crippen molar-refractivity contribution in [3.63, 3.8) is 0 Å². The van der Waals surface area contributed by atoms with E-state index in [1.54, 1.807) is 0 Å². The molecule has 2 fully saturated rings. The number of benzene rings is 2. The van der Waals surface area contributed by atoms with Gasteiger partial charge in [-0.05, 0) is 23.3 Å². The molecule has 1 atom stereocenters. The fraction of sp³-hybridized carbons (Fsp3) is 0.381. The minimum absolute atomic E-state index is 0.00462. The summed E-state index contributed by atoms with van der Waals surface area (Å²) in [4.78, 5) is 16.8. The predicted molar refractivity (Wildman–Crippen MR) is 101 cm³/mol. The number of amides is 1. The number of hydrogen-bond donors (Lipinski definition) is 1. The smallest absolute Gasteiger partial charge is 0.238 e. The van der Waals surface area contributed by atoms with Gasteiger partial charge in [-0.15, -0.1) is 0 Å². The molecule has 1 N–H and O–H groups in total. The van der Waals surface area contributed by atoms with Crippen LogP contribution in [0.2, 0.25) is 0 Å². The van der Waals surface area contributed by atoms with Gasteiger partial charge < -0.3 is 10.1 Å². The van der Waals surface area contributed by atoms with Crippen LogP contribution in [0.1, 0.15) is 11.1 Å². The largest absolute Gasteiger partial charge is 0.489 e. The first-order chi connectivity index (χ1) is 12.8. The zero-order valence-electron chi connectivity index (χ0n) is 14.9. The van der Waals surface area contributed by atoms with Gasteiger partial charge in [-0.2, -0.15) is 0 Å². The molecule has 2 aliphatic heterocycles. The van der Waals surface area contributed by atoms with E-state index >= 15 is 0 Å². The molecule has 0 unspecified atom stereocenters. The van der Waals surface area contributed by atoms with Crippen LogP contribution in [0.4, 0.5) is 0 Å². The van der Waals surface area contributed by atoms with Crippen LogP contribution in [0.3, 0.4) is 0 Å². The topological polar surface area (TPSA) is 44.8 Å². The summed E-state index contributed by atoms with van der Waals surface area (Å²) in [6.07, 6.45) is 0. The molecule has 0 aliphatic carbocycles. The average molecular weight is 351 g/mol. The lowest BCUT2D eigenvalue weighted by molar-refractivity contribution is -0.131. The third kappa shape index (κ3) is 4.06. The van der Waals surface area contributed by atoms with Gasteiger partial charge in [-0.3, -0.25) is 14.6 Å². The van der Waals surface area contributed by atoms with E-state index < -0.39 is 0 Å². The van der Waals surface area contributed by atoms with Crippen molar-refractivity contribution in [1.29, 1.82) is 0 Å². The molecule has 0 radical (unpaired) electrons. The second kappa shape index (κ2) is 7.89. The van der Waals surface area contributed by atoms with Gasteiger partial charge in [0.05, 0.1) is 0 Å². The number of rotatable bonds is 5. The number of carbonyl (C=O) groups is 1. The first kappa shape index (κ1) is 17.1. The third-order valence-electron chi connectivity index (χ3n) is 5.13. The molecule has 2 heterocycles. The van der Waals surface area contributed by atoms with Crippen molar-refractivity contribution in [2.75, 3.05) is 32.7 Å².